The van der Waals surface area contributed by atoms with Crippen LogP contribution in [0.2, 0.25) is 0 Å². The zero-order valence-corrected chi connectivity index (χ0v) is 14.3. The van der Waals surface area contributed by atoms with Gasteiger partial charge in [-0.2, -0.15) is 0 Å². The summed E-state index contributed by atoms with van der Waals surface area (Å²) in [6, 6.07) is 11.0. The Bertz CT molecular complexity index is 921. The van der Waals surface area contributed by atoms with Crippen molar-refractivity contribution in [2.24, 2.45) is 0 Å². The van der Waals surface area contributed by atoms with E-state index in [1.165, 1.54) is 6.20 Å². The second-order valence-electron chi connectivity index (χ2n) is 6.52. The van der Waals surface area contributed by atoms with E-state index in [4.69, 9.17) is 9.47 Å². The fourth-order valence-electron chi connectivity index (χ4n) is 3.32. The molecular weight excluding hydrogens is 352 g/mol. The number of carbonyl (C=O) groups is 1. The molecule has 0 saturated carbocycles. The van der Waals surface area contributed by atoms with E-state index in [0.29, 0.717) is 5.56 Å². The maximum atomic E-state index is 12.0. The molecule has 4 N–H and O–H groups in total. The smallest absolute Gasteiger partial charge is 0.339 e. The van der Waals surface area contributed by atoms with Gasteiger partial charge in [0.1, 0.15) is 31.0 Å². The first-order valence-corrected chi connectivity index (χ1v) is 8.61. The number of rotatable bonds is 4. The van der Waals surface area contributed by atoms with Gasteiger partial charge in [-0.05, 0) is 23.6 Å². The number of ether oxygens (including phenoxy) is 2. The molecule has 142 valence electrons. The quantitative estimate of drug-likeness (QED) is 0.504. The summed E-state index contributed by atoms with van der Waals surface area (Å²) in [4.78, 5) is 14.7. The molecule has 8 nitrogen and oxygen atoms in total. The van der Waals surface area contributed by atoms with Crippen molar-refractivity contribution in [2.75, 3.05) is 6.61 Å². The van der Waals surface area contributed by atoms with Crippen LogP contribution in [-0.4, -0.2) is 61.9 Å². The largest absolute Gasteiger partial charge is 0.459 e. The van der Waals surface area contributed by atoms with Gasteiger partial charge in [0.25, 0.3) is 0 Å². The lowest BCUT2D eigenvalue weighted by Gasteiger charge is -2.41. The Labute approximate surface area is 154 Å². The predicted molar refractivity (Wildman–Crippen MR) is 94.9 cm³/mol. The Morgan fingerprint density at radius 1 is 1.11 bits per heavy atom. The van der Waals surface area contributed by atoms with Crippen LogP contribution in [0, 0.1) is 0 Å². The first-order valence-electron chi connectivity index (χ1n) is 8.61. The molecule has 0 spiro atoms. The molecule has 0 aliphatic carbocycles. The average Bonchev–Trinajstić information content (AvgIpc) is 3.35. The summed E-state index contributed by atoms with van der Waals surface area (Å²) in [5.74, 6) is -0.573. The number of hydrogen-bond acceptors (Lipinski definition) is 6. The van der Waals surface area contributed by atoms with Crippen molar-refractivity contribution >= 4 is 16.9 Å². The summed E-state index contributed by atoms with van der Waals surface area (Å²) in [5.41, 5.74) is 1.15. The van der Waals surface area contributed by atoms with Gasteiger partial charge in [-0.25, -0.2) is 4.79 Å². The molecule has 3 heterocycles. The number of hydrogen-bond donors (Lipinski definition) is 4. The van der Waals surface area contributed by atoms with E-state index in [9.17, 15) is 20.1 Å². The maximum Gasteiger partial charge on any atom is 0.339 e. The molecule has 1 aliphatic heterocycles. The highest BCUT2D eigenvalue weighted by atomic mass is 16.6. The predicted octanol–water partition coefficient (Wildman–Crippen LogP) is 0.806. The molecule has 0 bridgehead atoms. The van der Waals surface area contributed by atoms with Crippen LogP contribution in [0.25, 0.3) is 10.9 Å². The van der Waals surface area contributed by atoms with Crippen molar-refractivity contribution in [3.63, 3.8) is 0 Å². The zero-order chi connectivity index (χ0) is 19.0. The normalized spacial score (nSPS) is 28.3. The Kier molecular flexibility index (Phi) is 4.71. The molecule has 0 unspecified atom stereocenters. The molecule has 0 radical (unpaired) electrons. The number of nitrogens with one attached hydrogen (secondary N) is 1. The Morgan fingerprint density at radius 3 is 2.70 bits per heavy atom. The van der Waals surface area contributed by atoms with Crippen molar-refractivity contribution < 1.29 is 29.6 Å². The summed E-state index contributed by atoms with van der Waals surface area (Å²) < 4.78 is 12.7. The standard InChI is InChI=1S/C19H20N2O6/c22-15-14(10-26-19(25)12-5-7-20-9-12)27-18(17(24)16(15)23)21-8-6-11-3-1-2-4-13(11)21/h1-9,14-18,20,22-24H,10H2/t14-,15-,16+,17-,18-/m1/s1. The van der Waals surface area contributed by atoms with Gasteiger partial charge in [0.2, 0.25) is 0 Å². The lowest BCUT2D eigenvalue weighted by molar-refractivity contribution is -0.250. The van der Waals surface area contributed by atoms with Crippen LogP contribution >= 0.6 is 0 Å². The summed E-state index contributed by atoms with van der Waals surface area (Å²) in [6.45, 7) is -0.259. The fraction of sp³-hybridized carbons (Fsp3) is 0.316. The maximum absolute atomic E-state index is 12.0. The van der Waals surface area contributed by atoms with Crippen LogP contribution < -0.4 is 0 Å². The molecular formula is C19H20N2O6. The summed E-state index contributed by atoms with van der Waals surface area (Å²) >= 11 is 0. The molecule has 4 rings (SSSR count). The van der Waals surface area contributed by atoms with Gasteiger partial charge in [0.15, 0.2) is 6.23 Å². The van der Waals surface area contributed by atoms with E-state index < -0.39 is 36.6 Å². The molecule has 5 atom stereocenters. The molecule has 8 heteroatoms. The number of para-hydroxylation sites is 1. The van der Waals surface area contributed by atoms with Crippen molar-refractivity contribution in [1.29, 1.82) is 0 Å². The molecule has 1 saturated heterocycles. The van der Waals surface area contributed by atoms with Gasteiger partial charge in [-0.15, -0.1) is 0 Å². The highest BCUT2D eigenvalue weighted by molar-refractivity contribution is 5.89. The number of nitrogens with zero attached hydrogens (tertiary/aromatic N) is 1. The summed E-state index contributed by atoms with van der Waals surface area (Å²) in [6.07, 6.45) is -1.27. The Balaban J connectivity index is 1.54. The monoisotopic (exact) mass is 372 g/mol. The van der Waals surface area contributed by atoms with E-state index in [0.717, 1.165) is 10.9 Å². The molecule has 27 heavy (non-hydrogen) atoms. The lowest BCUT2D eigenvalue weighted by atomic mass is 9.98. The highest BCUT2D eigenvalue weighted by Crippen LogP contribution is 2.31. The van der Waals surface area contributed by atoms with Crippen molar-refractivity contribution in [2.45, 2.75) is 30.6 Å². The van der Waals surface area contributed by atoms with Crippen LogP contribution in [0.5, 0.6) is 0 Å². The van der Waals surface area contributed by atoms with E-state index >= 15 is 0 Å². The summed E-state index contributed by atoms with van der Waals surface area (Å²) in [5, 5.41) is 31.9. The number of fused-ring (bicyclic) bond motifs is 1. The first-order chi connectivity index (χ1) is 13.1. The minimum Gasteiger partial charge on any atom is -0.459 e. The Morgan fingerprint density at radius 2 is 1.93 bits per heavy atom. The average molecular weight is 372 g/mol. The SMILES string of the molecule is O=C(OC[C@H]1O[C@@H](n2ccc3ccccc32)[C@H](O)[C@@H](O)[C@@H]1O)c1cc[nH]c1. The van der Waals surface area contributed by atoms with Crippen LogP contribution in [0.15, 0.2) is 55.0 Å². The number of aromatic nitrogens is 2. The van der Waals surface area contributed by atoms with E-state index in [1.807, 2.05) is 30.3 Å². The van der Waals surface area contributed by atoms with Crippen LogP contribution in [0.1, 0.15) is 16.6 Å². The number of H-pyrrole nitrogens is 1. The minimum absolute atomic E-state index is 0.259. The van der Waals surface area contributed by atoms with Gasteiger partial charge in [-0.1, -0.05) is 18.2 Å². The second kappa shape index (κ2) is 7.16. The third kappa shape index (κ3) is 3.24. The number of aromatic amines is 1. The second-order valence-corrected chi connectivity index (χ2v) is 6.52. The molecule has 1 aliphatic rings. The number of carbonyl (C=O) groups excluding carboxylic acids is 1. The van der Waals surface area contributed by atoms with E-state index in [-0.39, 0.29) is 6.61 Å². The zero-order valence-electron chi connectivity index (χ0n) is 14.3. The number of benzene rings is 1. The third-order valence-corrected chi connectivity index (χ3v) is 4.80. The van der Waals surface area contributed by atoms with Crippen LogP contribution in [0.4, 0.5) is 0 Å². The van der Waals surface area contributed by atoms with Gasteiger partial charge in [0, 0.05) is 18.6 Å². The number of aliphatic hydroxyl groups excluding tert-OH is 3. The number of esters is 1. The van der Waals surface area contributed by atoms with Crippen molar-refractivity contribution in [1.82, 2.24) is 9.55 Å². The molecule has 1 aromatic carbocycles. The van der Waals surface area contributed by atoms with Gasteiger partial charge in [0.05, 0.1) is 11.1 Å². The molecule has 1 fully saturated rings. The number of aliphatic hydroxyl groups is 3. The van der Waals surface area contributed by atoms with Crippen molar-refractivity contribution in [3.05, 3.63) is 60.6 Å². The van der Waals surface area contributed by atoms with Gasteiger partial charge in [-0.3, -0.25) is 0 Å². The molecule has 2 aromatic heterocycles. The van der Waals surface area contributed by atoms with E-state index in [2.05, 4.69) is 4.98 Å². The highest BCUT2D eigenvalue weighted by Gasteiger charge is 2.45. The topological polar surface area (TPSA) is 117 Å². The van der Waals surface area contributed by atoms with Gasteiger partial charge < -0.3 is 34.3 Å². The molecule has 0 amide bonds. The lowest BCUT2D eigenvalue weighted by Crippen LogP contribution is -2.56. The third-order valence-electron chi connectivity index (χ3n) is 4.80. The van der Waals surface area contributed by atoms with Crippen molar-refractivity contribution in [3.8, 4) is 0 Å². The van der Waals surface area contributed by atoms with Crippen LogP contribution in [-0.2, 0) is 9.47 Å². The summed E-state index contributed by atoms with van der Waals surface area (Å²) in [7, 11) is 0. The van der Waals surface area contributed by atoms with Gasteiger partial charge >= 0.3 is 5.97 Å². The molecule has 3 aromatic rings. The van der Waals surface area contributed by atoms with Crippen LogP contribution in [0.3, 0.4) is 0 Å². The fourth-order valence-corrected chi connectivity index (χ4v) is 3.32. The minimum atomic E-state index is -1.44. The van der Waals surface area contributed by atoms with E-state index in [1.54, 1.807) is 23.0 Å². The Hall–Kier alpha value is -2.65. The first kappa shape index (κ1) is 17.7.